The van der Waals surface area contributed by atoms with E-state index in [9.17, 15) is 0 Å². The first-order valence-electron chi connectivity index (χ1n) is 4.69. The molecule has 0 fully saturated rings. The van der Waals surface area contributed by atoms with Gasteiger partial charge in [-0.15, -0.1) is 11.3 Å². The molecular weight excluding hydrogens is 302 g/mol. The fourth-order valence-corrected chi connectivity index (χ4v) is 2.49. The van der Waals surface area contributed by atoms with Crippen LogP contribution in [0.1, 0.15) is 5.56 Å². The van der Waals surface area contributed by atoms with E-state index in [1.165, 1.54) is 11.3 Å². The normalized spacial score (nSPS) is 9.71. The molecule has 1 heterocycles. The average molecular weight is 310 g/mol. The van der Waals surface area contributed by atoms with Crippen molar-refractivity contribution in [2.24, 2.45) is 0 Å². The van der Waals surface area contributed by atoms with Gasteiger partial charge in [0.2, 0.25) is 0 Å². The second-order valence-electron chi connectivity index (χ2n) is 3.10. The Morgan fingerprint density at radius 1 is 1.53 bits per heavy atom. The van der Waals surface area contributed by atoms with Crippen LogP contribution in [0.2, 0.25) is 0 Å². The van der Waals surface area contributed by atoms with Gasteiger partial charge in [0.1, 0.15) is 22.1 Å². The molecule has 0 spiro atoms. The van der Waals surface area contributed by atoms with E-state index in [0.717, 1.165) is 4.60 Å². The molecule has 6 heteroatoms. The molecule has 0 bridgehead atoms. The first-order valence-corrected chi connectivity index (χ1v) is 6.37. The van der Waals surface area contributed by atoms with Gasteiger partial charge in [-0.2, -0.15) is 5.26 Å². The molecule has 1 N–H and O–H groups in total. The van der Waals surface area contributed by atoms with Gasteiger partial charge in [0.15, 0.2) is 5.13 Å². The fourth-order valence-electron chi connectivity index (χ4n) is 1.34. The number of aromatic nitrogens is 1. The predicted molar refractivity (Wildman–Crippen MR) is 70.8 cm³/mol. The molecule has 0 aliphatic rings. The Labute approximate surface area is 111 Å². The first-order chi connectivity index (χ1) is 8.24. The predicted octanol–water partition coefficient (Wildman–Crippen LogP) is 3.53. The van der Waals surface area contributed by atoms with Crippen molar-refractivity contribution in [1.29, 1.82) is 5.26 Å². The van der Waals surface area contributed by atoms with Crippen LogP contribution in [0, 0.1) is 11.3 Å². The number of methoxy groups -OCH3 is 1. The monoisotopic (exact) mass is 309 g/mol. The van der Waals surface area contributed by atoms with Crippen LogP contribution >= 0.6 is 27.3 Å². The lowest BCUT2D eigenvalue weighted by Crippen LogP contribution is -1.97. The van der Waals surface area contributed by atoms with Crippen LogP contribution in [0.5, 0.6) is 5.75 Å². The van der Waals surface area contributed by atoms with Crippen LogP contribution in [-0.4, -0.2) is 12.1 Å². The summed E-state index contributed by atoms with van der Waals surface area (Å²) in [5.74, 6) is 0.621. The molecule has 2 rings (SSSR count). The summed E-state index contributed by atoms with van der Waals surface area (Å²) < 4.78 is 5.98. The Morgan fingerprint density at radius 2 is 2.35 bits per heavy atom. The molecule has 1 aromatic heterocycles. The van der Waals surface area contributed by atoms with E-state index in [0.29, 0.717) is 22.1 Å². The maximum absolute atomic E-state index is 9.05. The number of nitriles is 1. The molecule has 86 valence electrons. The quantitative estimate of drug-likeness (QED) is 0.942. The average Bonchev–Trinajstić information content (AvgIpc) is 2.75. The molecule has 0 amide bonds. The molecule has 0 aliphatic carbocycles. The molecule has 2 aromatic rings. The number of rotatable bonds is 3. The maximum atomic E-state index is 9.05. The van der Waals surface area contributed by atoms with Crippen molar-refractivity contribution in [3.63, 3.8) is 0 Å². The van der Waals surface area contributed by atoms with Crippen molar-refractivity contribution in [2.45, 2.75) is 0 Å². The zero-order valence-corrected chi connectivity index (χ0v) is 11.3. The van der Waals surface area contributed by atoms with Crippen molar-refractivity contribution in [1.82, 2.24) is 4.98 Å². The van der Waals surface area contributed by atoms with Crippen LogP contribution in [0.15, 0.2) is 28.2 Å². The molecule has 1 aromatic carbocycles. The third kappa shape index (κ3) is 2.57. The zero-order chi connectivity index (χ0) is 12.3. The van der Waals surface area contributed by atoms with Gasteiger partial charge >= 0.3 is 0 Å². The van der Waals surface area contributed by atoms with Gasteiger partial charge in [0.25, 0.3) is 0 Å². The summed E-state index contributed by atoms with van der Waals surface area (Å²) in [6.07, 6.45) is 0. The minimum absolute atomic E-state index is 0.524. The Kier molecular flexibility index (Phi) is 3.61. The highest BCUT2D eigenvalue weighted by Gasteiger charge is 2.10. The van der Waals surface area contributed by atoms with Gasteiger partial charge in [-0.1, -0.05) is 6.07 Å². The van der Waals surface area contributed by atoms with Gasteiger partial charge in [0.05, 0.1) is 12.7 Å². The summed E-state index contributed by atoms with van der Waals surface area (Å²) >= 11 is 4.73. The lowest BCUT2D eigenvalue weighted by atomic mass is 10.2. The Bertz CT molecular complexity index is 576. The molecule has 0 aliphatic heterocycles. The van der Waals surface area contributed by atoms with Crippen molar-refractivity contribution in [2.75, 3.05) is 12.4 Å². The summed E-state index contributed by atoms with van der Waals surface area (Å²) in [4.78, 5) is 4.22. The minimum atomic E-state index is 0.524. The van der Waals surface area contributed by atoms with Gasteiger partial charge in [0, 0.05) is 5.38 Å². The number of hydrogen-bond donors (Lipinski definition) is 1. The van der Waals surface area contributed by atoms with Crippen LogP contribution < -0.4 is 10.1 Å². The Balaban J connectivity index is 2.40. The lowest BCUT2D eigenvalue weighted by Gasteiger charge is -2.10. The minimum Gasteiger partial charge on any atom is -0.495 e. The van der Waals surface area contributed by atoms with Gasteiger partial charge < -0.3 is 10.1 Å². The van der Waals surface area contributed by atoms with Gasteiger partial charge in [-0.05, 0) is 28.1 Å². The van der Waals surface area contributed by atoms with Crippen LogP contribution in [0.25, 0.3) is 0 Å². The maximum Gasteiger partial charge on any atom is 0.188 e. The van der Waals surface area contributed by atoms with Gasteiger partial charge in [-0.25, -0.2) is 4.98 Å². The second-order valence-corrected chi connectivity index (χ2v) is 4.77. The smallest absolute Gasteiger partial charge is 0.188 e. The highest BCUT2D eigenvalue weighted by molar-refractivity contribution is 9.10. The standard InChI is InChI=1S/C11H8BrN3OS/c1-16-8-4-2-3-7(5-13)10(8)15-11-14-9(12)6-17-11/h2-4,6H,1H3,(H,14,15). The van der Waals surface area contributed by atoms with E-state index in [1.54, 1.807) is 25.3 Å². The van der Waals surface area contributed by atoms with Gasteiger partial charge in [-0.3, -0.25) is 0 Å². The second kappa shape index (κ2) is 5.17. The topological polar surface area (TPSA) is 57.9 Å². The number of nitrogens with one attached hydrogen (secondary N) is 1. The van der Waals surface area contributed by atoms with E-state index >= 15 is 0 Å². The summed E-state index contributed by atoms with van der Waals surface area (Å²) in [6.45, 7) is 0. The van der Waals surface area contributed by atoms with Crippen molar-refractivity contribution in [3.8, 4) is 11.8 Å². The number of ether oxygens (including phenoxy) is 1. The molecule has 0 unspecified atom stereocenters. The molecule has 0 saturated carbocycles. The van der Waals surface area contributed by atoms with Crippen LogP contribution in [0.3, 0.4) is 0 Å². The van der Waals surface area contributed by atoms with Crippen molar-refractivity contribution in [3.05, 3.63) is 33.7 Å². The summed E-state index contributed by atoms with van der Waals surface area (Å²) in [5.41, 5.74) is 1.16. The SMILES string of the molecule is COc1cccc(C#N)c1Nc1nc(Br)cs1. The number of anilines is 2. The number of benzene rings is 1. The van der Waals surface area contributed by atoms with E-state index in [4.69, 9.17) is 10.00 Å². The number of halogens is 1. The number of thiazole rings is 1. The molecule has 17 heavy (non-hydrogen) atoms. The van der Waals surface area contributed by atoms with E-state index in [-0.39, 0.29) is 0 Å². The lowest BCUT2D eigenvalue weighted by molar-refractivity contribution is 0.416. The highest BCUT2D eigenvalue weighted by atomic mass is 79.9. The van der Waals surface area contributed by atoms with E-state index in [2.05, 4.69) is 32.3 Å². The molecular formula is C11H8BrN3OS. The Hall–Kier alpha value is -1.58. The zero-order valence-electron chi connectivity index (χ0n) is 8.90. The third-order valence-electron chi connectivity index (χ3n) is 2.07. The number of hydrogen-bond acceptors (Lipinski definition) is 5. The fraction of sp³-hybridized carbons (Fsp3) is 0.0909. The van der Waals surface area contributed by atoms with Crippen molar-refractivity contribution < 1.29 is 4.74 Å². The Morgan fingerprint density at radius 3 is 2.94 bits per heavy atom. The largest absolute Gasteiger partial charge is 0.495 e. The summed E-state index contributed by atoms with van der Waals surface area (Å²) in [5, 5.41) is 14.7. The molecule has 0 saturated heterocycles. The summed E-state index contributed by atoms with van der Waals surface area (Å²) in [6, 6.07) is 7.43. The number of nitrogens with zero attached hydrogens (tertiary/aromatic N) is 2. The van der Waals surface area contributed by atoms with Crippen LogP contribution in [0.4, 0.5) is 10.8 Å². The van der Waals surface area contributed by atoms with E-state index < -0.39 is 0 Å². The van der Waals surface area contributed by atoms with Crippen molar-refractivity contribution >= 4 is 38.1 Å². The number of para-hydroxylation sites is 1. The molecule has 0 atom stereocenters. The first kappa shape index (κ1) is 11.9. The third-order valence-corrected chi connectivity index (χ3v) is 3.54. The highest BCUT2D eigenvalue weighted by Crippen LogP contribution is 2.32. The molecule has 4 nitrogen and oxygen atoms in total. The molecule has 0 radical (unpaired) electrons. The summed E-state index contributed by atoms with van der Waals surface area (Å²) in [7, 11) is 1.57. The van der Waals surface area contributed by atoms with Crippen LogP contribution in [-0.2, 0) is 0 Å². The van der Waals surface area contributed by atoms with E-state index in [1.807, 2.05) is 5.38 Å².